The van der Waals surface area contributed by atoms with Gasteiger partial charge in [0, 0.05) is 25.4 Å². The molecule has 1 aromatic carbocycles. The summed E-state index contributed by atoms with van der Waals surface area (Å²) in [4.78, 5) is 0. The third kappa shape index (κ3) is 1.82. The third-order valence-corrected chi connectivity index (χ3v) is 2.60. The highest BCUT2D eigenvalue weighted by Gasteiger charge is 2.22. The fourth-order valence-corrected chi connectivity index (χ4v) is 1.73. The van der Waals surface area contributed by atoms with Gasteiger partial charge in [0.2, 0.25) is 0 Å². The molecule has 4 heteroatoms. The van der Waals surface area contributed by atoms with Gasteiger partial charge in [0.15, 0.2) is 0 Å². The Morgan fingerprint density at radius 2 is 2.13 bits per heavy atom. The van der Waals surface area contributed by atoms with Crippen LogP contribution < -0.4 is 5.73 Å². The summed E-state index contributed by atoms with van der Waals surface area (Å²) in [6.45, 7) is 0.770. The van der Waals surface area contributed by atoms with Crippen LogP contribution in [-0.2, 0) is 0 Å². The zero-order valence-electron chi connectivity index (χ0n) is 8.67. The molecule has 80 valence electrons. The number of para-hydroxylation sites is 1. The van der Waals surface area contributed by atoms with Crippen LogP contribution in [0.4, 0.5) is 0 Å². The molecule has 0 unspecified atom stereocenters. The molecule has 2 rings (SSSR count). The lowest BCUT2D eigenvalue weighted by molar-refractivity contribution is 0.0302. The summed E-state index contributed by atoms with van der Waals surface area (Å²) >= 11 is 0. The second-order valence-corrected chi connectivity index (χ2v) is 3.58. The Kier molecular flexibility index (Phi) is 2.62. The van der Waals surface area contributed by atoms with Gasteiger partial charge in [-0.25, -0.2) is 0 Å². The first-order valence-electron chi connectivity index (χ1n) is 4.89. The van der Waals surface area contributed by atoms with Crippen LogP contribution in [0.3, 0.4) is 0 Å². The van der Waals surface area contributed by atoms with E-state index in [-0.39, 0.29) is 11.9 Å². The van der Waals surface area contributed by atoms with E-state index < -0.39 is 0 Å². The number of phenols is 1. The molecular formula is C11H15N3O. The molecule has 0 amide bonds. The summed E-state index contributed by atoms with van der Waals surface area (Å²) < 4.78 is 0. The smallest absolute Gasteiger partial charge is 0.121 e. The predicted molar refractivity (Wildman–Crippen MR) is 58.6 cm³/mol. The second-order valence-electron chi connectivity index (χ2n) is 3.58. The van der Waals surface area contributed by atoms with Gasteiger partial charge in [-0.3, -0.25) is 0 Å². The van der Waals surface area contributed by atoms with Crippen LogP contribution in [0.1, 0.15) is 11.7 Å². The van der Waals surface area contributed by atoms with E-state index in [1.54, 1.807) is 12.1 Å². The number of nitrogens with zero attached hydrogens (tertiary/aromatic N) is 2. The van der Waals surface area contributed by atoms with Gasteiger partial charge in [-0.15, -0.1) is 0 Å². The molecule has 0 spiro atoms. The standard InChI is InChI=1S/C11H15N3O/c1-13-7-4-8-14(13)11(12)9-5-2-3-6-10(9)15/h2-7,11,15H,8,12H2,1H3/t11-/m0/s1. The molecule has 3 N–H and O–H groups in total. The van der Waals surface area contributed by atoms with Gasteiger partial charge in [0.05, 0.1) is 0 Å². The van der Waals surface area contributed by atoms with E-state index >= 15 is 0 Å². The van der Waals surface area contributed by atoms with Crippen molar-refractivity contribution in [3.05, 3.63) is 42.1 Å². The Hall–Kier alpha value is -1.52. The maximum atomic E-state index is 9.68. The molecule has 0 saturated carbocycles. The fraction of sp³-hybridized carbons (Fsp3) is 0.273. The maximum Gasteiger partial charge on any atom is 0.121 e. The van der Waals surface area contributed by atoms with Gasteiger partial charge >= 0.3 is 0 Å². The lowest BCUT2D eigenvalue weighted by atomic mass is 10.1. The number of phenolic OH excluding ortho intramolecular Hbond substituents is 1. The molecule has 4 nitrogen and oxygen atoms in total. The number of hydrazine groups is 1. The van der Waals surface area contributed by atoms with Crippen LogP contribution in [0.5, 0.6) is 5.75 Å². The van der Waals surface area contributed by atoms with E-state index in [0.717, 1.165) is 12.1 Å². The monoisotopic (exact) mass is 205 g/mol. The highest BCUT2D eigenvalue weighted by molar-refractivity contribution is 5.34. The van der Waals surface area contributed by atoms with E-state index in [1.807, 2.05) is 41.5 Å². The van der Waals surface area contributed by atoms with Crippen molar-refractivity contribution >= 4 is 0 Å². The number of hydrogen-bond donors (Lipinski definition) is 2. The Labute approximate surface area is 89.2 Å². The molecule has 1 aliphatic heterocycles. The zero-order valence-corrected chi connectivity index (χ0v) is 8.67. The van der Waals surface area contributed by atoms with Gasteiger partial charge < -0.3 is 15.8 Å². The second kappa shape index (κ2) is 3.92. The lowest BCUT2D eigenvalue weighted by Gasteiger charge is -2.31. The van der Waals surface area contributed by atoms with Crippen LogP contribution in [-0.4, -0.2) is 28.7 Å². The van der Waals surface area contributed by atoms with Crippen LogP contribution in [0.15, 0.2) is 36.5 Å². The Morgan fingerprint density at radius 3 is 2.73 bits per heavy atom. The van der Waals surface area contributed by atoms with E-state index in [4.69, 9.17) is 5.73 Å². The van der Waals surface area contributed by atoms with Gasteiger partial charge in [-0.1, -0.05) is 24.3 Å². The van der Waals surface area contributed by atoms with Crippen LogP contribution in [0.25, 0.3) is 0 Å². The molecule has 0 saturated heterocycles. The average molecular weight is 205 g/mol. The maximum absolute atomic E-state index is 9.68. The number of rotatable bonds is 2. The lowest BCUT2D eigenvalue weighted by Crippen LogP contribution is -2.40. The molecule has 1 aromatic rings. The normalized spacial score (nSPS) is 18.4. The molecule has 1 aliphatic rings. The molecule has 1 heterocycles. The molecular weight excluding hydrogens is 190 g/mol. The summed E-state index contributed by atoms with van der Waals surface area (Å²) in [5, 5.41) is 13.6. The van der Waals surface area contributed by atoms with E-state index in [9.17, 15) is 5.11 Å². The number of aromatic hydroxyl groups is 1. The van der Waals surface area contributed by atoms with Crippen molar-refractivity contribution in [3.63, 3.8) is 0 Å². The Morgan fingerprint density at radius 1 is 1.40 bits per heavy atom. The Bertz CT molecular complexity index is 378. The summed E-state index contributed by atoms with van der Waals surface area (Å²) in [5.74, 6) is 0.241. The van der Waals surface area contributed by atoms with Crippen molar-refractivity contribution in [3.8, 4) is 5.75 Å². The number of hydrogen-bond acceptors (Lipinski definition) is 4. The molecule has 0 aliphatic carbocycles. The van der Waals surface area contributed by atoms with Gasteiger partial charge in [0.1, 0.15) is 11.9 Å². The SMILES string of the molecule is CN1C=CCN1[C@H](N)c1ccccc1O. The van der Waals surface area contributed by atoms with Gasteiger partial charge in [-0.05, 0) is 6.07 Å². The summed E-state index contributed by atoms with van der Waals surface area (Å²) in [7, 11) is 1.93. The molecule has 0 fully saturated rings. The first-order chi connectivity index (χ1) is 7.20. The fourth-order valence-electron chi connectivity index (χ4n) is 1.73. The Balaban J connectivity index is 2.21. The van der Waals surface area contributed by atoms with Crippen LogP contribution in [0.2, 0.25) is 0 Å². The van der Waals surface area contributed by atoms with Crippen molar-refractivity contribution in [1.82, 2.24) is 10.0 Å². The predicted octanol–water partition coefficient (Wildman–Crippen LogP) is 1.03. The van der Waals surface area contributed by atoms with E-state index in [2.05, 4.69) is 0 Å². The van der Waals surface area contributed by atoms with Crippen molar-refractivity contribution in [2.75, 3.05) is 13.6 Å². The summed E-state index contributed by atoms with van der Waals surface area (Å²) in [6.07, 6.45) is 3.67. The molecule has 0 aromatic heterocycles. The van der Waals surface area contributed by atoms with Crippen molar-refractivity contribution in [1.29, 1.82) is 0 Å². The van der Waals surface area contributed by atoms with Crippen molar-refractivity contribution in [2.45, 2.75) is 6.17 Å². The molecule has 1 atom stereocenters. The third-order valence-electron chi connectivity index (χ3n) is 2.60. The molecule has 15 heavy (non-hydrogen) atoms. The minimum Gasteiger partial charge on any atom is -0.508 e. The van der Waals surface area contributed by atoms with E-state index in [1.165, 1.54) is 0 Å². The van der Waals surface area contributed by atoms with Crippen LogP contribution in [0, 0.1) is 0 Å². The molecule has 0 radical (unpaired) electrons. The first-order valence-corrected chi connectivity index (χ1v) is 4.89. The highest BCUT2D eigenvalue weighted by atomic mass is 16.3. The minimum absolute atomic E-state index is 0.241. The number of benzene rings is 1. The summed E-state index contributed by atoms with van der Waals surface area (Å²) in [5.41, 5.74) is 6.82. The van der Waals surface area contributed by atoms with E-state index in [0.29, 0.717) is 0 Å². The quantitative estimate of drug-likeness (QED) is 0.757. The van der Waals surface area contributed by atoms with Crippen molar-refractivity contribution < 1.29 is 5.11 Å². The zero-order chi connectivity index (χ0) is 10.8. The first kappa shape index (κ1) is 10.0. The van der Waals surface area contributed by atoms with Gasteiger partial charge in [0.25, 0.3) is 0 Å². The summed E-state index contributed by atoms with van der Waals surface area (Å²) in [6, 6.07) is 7.15. The minimum atomic E-state index is -0.314. The average Bonchev–Trinajstić information content (AvgIpc) is 2.64. The number of nitrogens with two attached hydrogens (primary N) is 1. The van der Waals surface area contributed by atoms with Crippen LogP contribution >= 0.6 is 0 Å². The topological polar surface area (TPSA) is 52.7 Å². The van der Waals surface area contributed by atoms with Gasteiger partial charge in [-0.2, -0.15) is 5.01 Å². The highest BCUT2D eigenvalue weighted by Crippen LogP contribution is 2.26. The molecule has 0 bridgehead atoms. The van der Waals surface area contributed by atoms with Crippen molar-refractivity contribution in [2.24, 2.45) is 5.73 Å². The largest absolute Gasteiger partial charge is 0.508 e.